The standard InChI is InChI=1S/C18H18F3N9OS/c1-29-17(22-9-24-29)13-7-12(28-32(2,31)10-3-4-10)16-15(25-13)14(11-5-6-23-26-11)27-30(16)8-18(19,20)21/h5-7,9-10H,3-4,8H2,1-2H3,(H,23,26). The first-order valence-electron chi connectivity index (χ1n) is 9.66. The third-order valence-corrected chi connectivity index (χ3v) is 7.39. The number of aromatic amines is 1. The molecule has 5 rings (SSSR count). The number of pyridine rings is 1. The van der Waals surface area contributed by atoms with Gasteiger partial charge in [-0.05, 0) is 25.0 Å². The number of alkyl halides is 3. The van der Waals surface area contributed by atoms with Gasteiger partial charge in [0.2, 0.25) is 0 Å². The quantitative estimate of drug-likeness (QED) is 0.484. The second-order valence-electron chi connectivity index (χ2n) is 7.67. The molecular formula is C18H18F3N9OS. The molecule has 32 heavy (non-hydrogen) atoms. The highest BCUT2D eigenvalue weighted by Gasteiger charge is 2.33. The smallest absolute Gasteiger partial charge is 0.276 e. The maximum Gasteiger partial charge on any atom is 0.408 e. The zero-order chi connectivity index (χ0) is 22.7. The molecule has 4 aromatic heterocycles. The van der Waals surface area contributed by atoms with Gasteiger partial charge in [0.05, 0.1) is 15.4 Å². The highest BCUT2D eigenvalue weighted by molar-refractivity contribution is 7.93. The van der Waals surface area contributed by atoms with Crippen molar-refractivity contribution in [2.75, 3.05) is 6.26 Å². The first kappa shape index (κ1) is 20.6. The first-order chi connectivity index (χ1) is 15.1. The van der Waals surface area contributed by atoms with Gasteiger partial charge in [0, 0.05) is 24.8 Å². The maximum atomic E-state index is 13.4. The largest absolute Gasteiger partial charge is 0.408 e. The Kier molecular flexibility index (Phi) is 4.58. The normalized spacial score (nSPS) is 16.4. The van der Waals surface area contributed by atoms with Crippen LogP contribution >= 0.6 is 0 Å². The number of aryl methyl sites for hydroxylation is 1. The molecule has 1 saturated carbocycles. The predicted octanol–water partition coefficient (Wildman–Crippen LogP) is 3.07. The van der Waals surface area contributed by atoms with E-state index in [1.807, 2.05) is 0 Å². The molecule has 0 aromatic carbocycles. The molecule has 1 atom stereocenters. The van der Waals surface area contributed by atoms with Crippen molar-refractivity contribution in [1.82, 2.24) is 39.7 Å². The van der Waals surface area contributed by atoms with E-state index in [-0.39, 0.29) is 27.7 Å². The summed E-state index contributed by atoms with van der Waals surface area (Å²) in [6, 6.07) is 3.07. The number of nitrogens with zero attached hydrogens (tertiary/aromatic N) is 8. The molecule has 1 aliphatic rings. The Morgan fingerprint density at radius 3 is 2.72 bits per heavy atom. The number of rotatable bonds is 5. The van der Waals surface area contributed by atoms with Crippen LogP contribution in [0.15, 0.2) is 29.0 Å². The molecule has 4 aromatic rings. The van der Waals surface area contributed by atoms with Gasteiger partial charge in [-0.2, -0.15) is 32.8 Å². The van der Waals surface area contributed by atoms with E-state index >= 15 is 0 Å². The van der Waals surface area contributed by atoms with Crippen LogP contribution in [-0.4, -0.2) is 61.6 Å². The molecule has 0 amide bonds. The summed E-state index contributed by atoms with van der Waals surface area (Å²) in [5.41, 5.74) is 1.24. The number of H-pyrrole nitrogens is 1. The molecule has 10 nitrogen and oxygen atoms in total. The van der Waals surface area contributed by atoms with E-state index in [1.165, 1.54) is 29.5 Å². The Balaban J connectivity index is 1.86. The van der Waals surface area contributed by atoms with Crippen molar-refractivity contribution < 1.29 is 17.4 Å². The Hall–Kier alpha value is -3.29. The number of aromatic nitrogens is 8. The number of hydrogen-bond acceptors (Lipinski definition) is 7. The number of nitrogens with one attached hydrogen (secondary N) is 1. The fraction of sp³-hybridized carbons (Fsp3) is 0.389. The molecule has 0 spiro atoms. The van der Waals surface area contributed by atoms with Crippen LogP contribution in [0.2, 0.25) is 0 Å². The molecular weight excluding hydrogens is 447 g/mol. The highest BCUT2D eigenvalue weighted by atomic mass is 32.2. The van der Waals surface area contributed by atoms with Crippen molar-refractivity contribution in [2.45, 2.75) is 30.8 Å². The second kappa shape index (κ2) is 7.12. The summed E-state index contributed by atoms with van der Waals surface area (Å²) >= 11 is 0. The van der Waals surface area contributed by atoms with Crippen LogP contribution < -0.4 is 0 Å². The summed E-state index contributed by atoms with van der Waals surface area (Å²) < 4.78 is 60.0. The van der Waals surface area contributed by atoms with Gasteiger partial charge >= 0.3 is 6.18 Å². The monoisotopic (exact) mass is 465 g/mol. The summed E-state index contributed by atoms with van der Waals surface area (Å²) in [7, 11) is -1.00. The predicted molar refractivity (Wildman–Crippen MR) is 110 cm³/mol. The lowest BCUT2D eigenvalue weighted by Crippen LogP contribution is -2.18. The van der Waals surface area contributed by atoms with Crippen molar-refractivity contribution in [3.8, 4) is 22.9 Å². The van der Waals surface area contributed by atoms with Gasteiger partial charge in [-0.25, -0.2) is 18.9 Å². The Bertz CT molecular complexity index is 1420. The fourth-order valence-corrected chi connectivity index (χ4v) is 5.19. The number of halogens is 3. The minimum atomic E-state index is -4.53. The lowest BCUT2D eigenvalue weighted by atomic mass is 10.2. The van der Waals surface area contributed by atoms with Crippen molar-refractivity contribution in [3.63, 3.8) is 0 Å². The van der Waals surface area contributed by atoms with Crippen molar-refractivity contribution in [2.24, 2.45) is 11.4 Å². The zero-order valence-electron chi connectivity index (χ0n) is 17.0. The topological polar surface area (TPSA) is 120 Å². The average Bonchev–Trinajstić information content (AvgIpc) is 3.11. The molecule has 4 heterocycles. The SMILES string of the molecule is Cn1ncnc1-c1cc(N=S(C)(=O)C2CC2)c2c(n1)c(-c1ccn[nH]1)nn2CC(F)(F)F. The zero-order valence-corrected chi connectivity index (χ0v) is 17.9. The summed E-state index contributed by atoms with van der Waals surface area (Å²) in [5, 5.41) is 14.7. The second-order valence-corrected chi connectivity index (χ2v) is 10.2. The first-order valence-corrected chi connectivity index (χ1v) is 11.6. The lowest BCUT2D eigenvalue weighted by molar-refractivity contribution is -0.141. The van der Waals surface area contributed by atoms with Crippen LogP contribution in [0.1, 0.15) is 12.8 Å². The van der Waals surface area contributed by atoms with Crippen LogP contribution in [0.5, 0.6) is 0 Å². The molecule has 1 fully saturated rings. The van der Waals surface area contributed by atoms with Gasteiger partial charge in [0.25, 0.3) is 0 Å². The molecule has 0 saturated heterocycles. The molecule has 1 unspecified atom stereocenters. The van der Waals surface area contributed by atoms with E-state index in [1.54, 1.807) is 13.1 Å². The van der Waals surface area contributed by atoms with Crippen molar-refractivity contribution >= 4 is 26.4 Å². The van der Waals surface area contributed by atoms with E-state index in [0.717, 1.165) is 17.5 Å². The van der Waals surface area contributed by atoms with E-state index in [0.29, 0.717) is 17.2 Å². The van der Waals surface area contributed by atoms with E-state index in [2.05, 4.69) is 34.7 Å². The molecule has 1 N–H and O–H groups in total. The number of hydrogen-bond donors (Lipinski definition) is 1. The Labute approximate surface area is 180 Å². The summed E-state index contributed by atoms with van der Waals surface area (Å²) in [6.45, 7) is -1.35. The molecule has 14 heteroatoms. The van der Waals surface area contributed by atoms with Crippen molar-refractivity contribution in [1.29, 1.82) is 0 Å². The molecule has 0 aliphatic heterocycles. The van der Waals surface area contributed by atoms with Crippen LogP contribution in [0.3, 0.4) is 0 Å². The summed E-state index contributed by atoms with van der Waals surface area (Å²) in [5.74, 6) is 0.386. The number of fused-ring (bicyclic) bond motifs is 1. The minimum absolute atomic E-state index is 0.0491. The van der Waals surface area contributed by atoms with E-state index < -0.39 is 22.5 Å². The Morgan fingerprint density at radius 2 is 2.12 bits per heavy atom. The molecule has 0 bridgehead atoms. The van der Waals surface area contributed by atoms with Gasteiger partial charge in [-0.1, -0.05) is 0 Å². The third-order valence-electron chi connectivity index (χ3n) is 5.12. The van der Waals surface area contributed by atoms with Crippen LogP contribution in [0.4, 0.5) is 18.9 Å². The van der Waals surface area contributed by atoms with Gasteiger partial charge in [0.15, 0.2) is 5.82 Å². The van der Waals surface area contributed by atoms with Crippen LogP contribution in [0, 0.1) is 0 Å². The van der Waals surface area contributed by atoms with Gasteiger partial charge < -0.3 is 0 Å². The minimum Gasteiger partial charge on any atom is -0.276 e. The van der Waals surface area contributed by atoms with Crippen LogP contribution in [-0.2, 0) is 23.3 Å². The average molecular weight is 465 g/mol. The Morgan fingerprint density at radius 1 is 1.34 bits per heavy atom. The maximum absolute atomic E-state index is 13.4. The van der Waals surface area contributed by atoms with E-state index in [9.17, 15) is 17.4 Å². The van der Waals surface area contributed by atoms with Crippen LogP contribution in [0.25, 0.3) is 33.9 Å². The summed E-state index contributed by atoms with van der Waals surface area (Å²) in [6.07, 6.45) is 1.34. The van der Waals surface area contributed by atoms with Gasteiger partial charge in [-0.3, -0.25) is 9.78 Å². The lowest BCUT2D eigenvalue weighted by Gasteiger charge is -2.10. The molecule has 0 radical (unpaired) electrons. The fourth-order valence-electron chi connectivity index (χ4n) is 3.50. The van der Waals surface area contributed by atoms with Crippen molar-refractivity contribution in [3.05, 3.63) is 24.7 Å². The molecule has 168 valence electrons. The summed E-state index contributed by atoms with van der Waals surface area (Å²) in [4.78, 5) is 8.75. The van der Waals surface area contributed by atoms with Gasteiger partial charge in [0.1, 0.15) is 41.0 Å². The third kappa shape index (κ3) is 3.74. The van der Waals surface area contributed by atoms with Gasteiger partial charge in [-0.15, -0.1) is 0 Å². The highest BCUT2D eigenvalue weighted by Crippen LogP contribution is 2.38. The molecule has 1 aliphatic carbocycles. The van der Waals surface area contributed by atoms with E-state index in [4.69, 9.17) is 0 Å².